The fraction of sp³-hybridized carbons (Fsp3) is 0.481. The minimum absolute atomic E-state index is 0.0215. The zero-order chi connectivity index (χ0) is 24.2. The van der Waals surface area contributed by atoms with Crippen LogP contribution < -0.4 is 10.6 Å². The summed E-state index contributed by atoms with van der Waals surface area (Å²) < 4.78 is 14.1. The number of rotatable bonds is 8. The Morgan fingerprint density at radius 3 is 2.56 bits per heavy atom. The van der Waals surface area contributed by atoms with E-state index in [1.165, 1.54) is 43.2 Å². The molecule has 1 unspecified atom stereocenters. The number of nitrogen functional groups attached to an aromatic ring is 1. The van der Waals surface area contributed by atoms with E-state index in [-0.39, 0.29) is 17.6 Å². The number of hydrogen-bond acceptors (Lipinski definition) is 4. The third kappa shape index (κ3) is 5.47. The maximum Gasteiger partial charge on any atom is 0.245 e. The second kappa shape index (κ2) is 10.9. The molecule has 182 valence electrons. The lowest BCUT2D eigenvalue weighted by atomic mass is 9.97. The Bertz CT molecular complexity index is 1040. The molecule has 1 amide bonds. The van der Waals surface area contributed by atoms with E-state index in [0.29, 0.717) is 29.9 Å². The maximum atomic E-state index is 14.1. The van der Waals surface area contributed by atoms with Gasteiger partial charge in [-0.1, -0.05) is 31.0 Å². The van der Waals surface area contributed by atoms with E-state index < -0.39 is 5.25 Å². The summed E-state index contributed by atoms with van der Waals surface area (Å²) >= 11 is 1.44. The van der Waals surface area contributed by atoms with E-state index in [1.807, 2.05) is 18.2 Å². The number of thioether (sulfide) groups is 1. The summed E-state index contributed by atoms with van der Waals surface area (Å²) in [5, 5.41) is 7.30. The molecule has 3 atom stereocenters. The Labute approximate surface area is 206 Å². The molecule has 1 fully saturated rings. The van der Waals surface area contributed by atoms with Crippen molar-refractivity contribution in [2.24, 2.45) is 5.73 Å². The number of carbonyl (C=O) groups excluding carboxylic acids is 1. The van der Waals surface area contributed by atoms with Crippen molar-refractivity contribution in [2.45, 2.75) is 74.6 Å². The van der Waals surface area contributed by atoms with Gasteiger partial charge in [0.2, 0.25) is 5.91 Å². The summed E-state index contributed by atoms with van der Waals surface area (Å²) in [6.45, 7) is 6.32. The number of fused-ring (bicyclic) bond motifs is 1. The molecule has 7 heteroatoms. The van der Waals surface area contributed by atoms with Crippen LogP contribution in [0.4, 0.5) is 10.1 Å². The lowest BCUT2D eigenvalue weighted by Gasteiger charge is -2.39. The molecular weight excluding hydrogens is 447 g/mol. The van der Waals surface area contributed by atoms with Gasteiger partial charge in [0.05, 0.1) is 5.69 Å². The topological polar surface area (TPSA) is 73.4 Å². The van der Waals surface area contributed by atoms with Crippen LogP contribution in [0.25, 0.3) is 0 Å². The number of likely N-dealkylation sites (tertiary alicyclic amines) is 1. The van der Waals surface area contributed by atoms with Crippen molar-refractivity contribution in [3.8, 4) is 0 Å². The molecule has 34 heavy (non-hydrogen) atoms. The van der Waals surface area contributed by atoms with Crippen molar-refractivity contribution < 1.29 is 9.18 Å². The summed E-state index contributed by atoms with van der Waals surface area (Å²) in [5.41, 5.74) is 7.74. The highest BCUT2D eigenvalue weighted by Crippen LogP contribution is 2.47. The number of anilines is 1. The predicted octanol–water partition coefficient (Wildman–Crippen LogP) is 5.72. The first kappa shape index (κ1) is 24.7. The van der Waals surface area contributed by atoms with Crippen LogP contribution >= 0.6 is 11.8 Å². The zero-order valence-corrected chi connectivity index (χ0v) is 20.9. The second-order valence-electron chi connectivity index (χ2n) is 9.57. The molecule has 3 N–H and O–H groups in total. The van der Waals surface area contributed by atoms with Crippen molar-refractivity contribution in [1.29, 1.82) is 5.41 Å². The first-order chi connectivity index (χ1) is 16.3. The van der Waals surface area contributed by atoms with Crippen LogP contribution in [0.15, 0.2) is 47.4 Å². The van der Waals surface area contributed by atoms with Crippen LogP contribution in [0.1, 0.15) is 68.7 Å². The number of nitrogens with one attached hydrogen (secondary N) is 1. The quantitative estimate of drug-likeness (QED) is 0.287. The van der Waals surface area contributed by atoms with Crippen molar-refractivity contribution >= 4 is 29.2 Å². The van der Waals surface area contributed by atoms with Crippen molar-refractivity contribution in [3.05, 3.63) is 59.4 Å². The first-order valence-corrected chi connectivity index (χ1v) is 13.2. The monoisotopic (exact) mass is 482 g/mol. The maximum absolute atomic E-state index is 14.1. The highest BCUT2D eigenvalue weighted by atomic mass is 32.2. The smallest absolute Gasteiger partial charge is 0.245 e. The van der Waals surface area contributed by atoms with Gasteiger partial charge in [-0.05, 0) is 75.9 Å². The number of amides is 1. The molecule has 0 bridgehead atoms. The van der Waals surface area contributed by atoms with Gasteiger partial charge in [0, 0.05) is 29.1 Å². The average Bonchev–Trinajstić information content (AvgIpc) is 2.81. The van der Waals surface area contributed by atoms with Crippen molar-refractivity contribution in [3.63, 3.8) is 0 Å². The SMILES string of the molecule is C[C@@H]1CCC[C@H](C)N1CCCCCN1C(=O)C(c2cccc(C(=N)N)c2)Sc2ccc(F)cc21. The van der Waals surface area contributed by atoms with Gasteiger partial charge < -0.3 is 10.6 Å². The highest BCUT2D eigenvalue weighted by molar-refractivity contribution is 8.00. The van der Waals surface area contributed by atoms with Gasteiger partial charge >= 0.3 is 0 Å². The summed E-state index contributed by atoms with van der Waals surface area (Å²) in [5.74, 6) is -0.392. The average molecular weight is 483 g/mol. The van der Waals surface area contributed by atoms with Crippen LogP contribution in [0, 0.1) is 11.2 Å². The number of halogens is 1. The van der Waals surface area contributed by atoms with Crippen LogP contribution in [0.3, 0.4) is 0 Å². The van der Waals surface area contributed by atoms with E-state index in [1.54, 1.807) is 17.0 Å². The number of nitrogens with two attached hydrogens (primary N) is 1. The molecule has 0 aliphatic carbocycles. The Kier molecular flexibility index (Phi) is 7.94. The van der Waals surface area contributed by atoms with E-state index in [2.05, 4.69) is 18.7 Å². The largest absolute Gasteiger partial charge is 0.384 e. The molecule has 0 radical (unpaired) electrons. The highest BCUT2D eigenvalue weighted by Gasteiger charge is 2.35. The molecule has 0 aromatic heterocycles. The molecule has 2 heterocycles. The molecule has 2 aliphatic rings. The van der Waals surface area contributed by atoms with Gasteiger partial charge in [0.1, 0.15) is 16.9 Å². The van der Waals surface area contributed by atoms with E-state index in [0.717, 1.165) is 36.3 Å². The predicted molar refractivity (Wildman–Crippen MR) is 138 cm³/mol. The van der Waals surface area contributed by atoms with Gasteiger partial charge in [-0.2, -0.15) is 0 Å². The molecule has 0 spiro atoms. The van der Waals surface area contributed by atoms with Gasteiger partial charge in [0.25, 0.3) is 0 Å². The summed E-state index contributed by atoms with van der Waals surface area (Å²) in [7, 11) is 0. The standard InChI is InChI=1S/C27H35FN4OS/c1-18-8-6-9-19(2)31(18)14-4-3-5-15-32-23-17-22(28)12-13-24(23)34-25(27(32)33)20-10-7-11-21(16-20)26(29)30/h7,10-13,16-19,25H,3-6,8-9,14-15H2,1-2H3,(H3,29,30)/t18-,19+,25?. The third-order valence-corrected chi connectivity index (χ3v) is 8.43. The number of unbranched alkanes of at least 4 members (excludes halogenated alkanes) is 2. The normalized spacial score (nSPS) is 23.1. The number of piperidine rings is 1. The Balaban J connectivity index is 1.45. The molecule has 5 nitrogen and oxygen atoms in total. The van der Waals surface area contributed by atoms with Crippen molar-refractivity contribution in [2.75, 3.05) is 18.0 Å². The van der Waals surface area contributed by atoms with E-state index in [4.69, 9.17) is 11.1 Å². The minimum Gasteiger partial charge on any atom is -0.384 e. The molecule has 2 aliphatic heterocycles. The Morgan fingerprint density at radius 1 is 1.09 bits per heavy atom. The number of benzene rings is 2. The summed E-state index contributed by atoms with van der Waals surface area (Å²) in [4.78, 5) is 18.8. The second-order valence-corrected chi connectivity index (χ2v) is 10.7. The summed E-state index contributed by atoms with van der Waals surface area (Å²) in [6.07, 6.45) is 6.88. The Hall–Kier alpha value is -2.38. The van der Waals surface area contributed by atoms with Gasteiger partial charge in [-0.15, -0.1) is 11.8 Å². The molecule has 2 aromatic carbocycles. The summed E-state index contributed by atoms with van der Waals surface area (Å²) in [6, 6.07) is 13.3. The number of nitrogens with zero attached hydrogens (tertiary/aromatic N) is 2. The van der Waals surface area contributed by atoms with E-state index >= 15 is 0 Å². The lowest BCUT2D eigenvalue weighted by Crippen LogP contribution is -2.44. The fourth-order valence-electron chi connectivity index (χ4n) is 5.21. The molecule has 2 aromatic rings. The van der Waals surface area contributed by atoms with Gasteiger partial charge in [0.15, 0.2) is 0 Å². The zero-order valence-electron chi connectivity index (χ0n) is 20.1. The van der Waals surface area contributed by atoms with Crippen LogP contribution in [0.5, 0.6) is 0 Å². The van der Waals surface area contributed by atoms with Crippen LogP contribution in [-0.2, 0) is 4.79 Å². The molecule has 4 rings (SSSR count). The molecule has 1 saturated heterocycles. The first-order valence-electron chi connectivity index (χ1n) is 12.3. The fourth-order valence-corrected chi connectivity index (χ4v) is 6.41. The minimum atomic E-state index is -0.438. The molecule has 0 saturated carbocycles. The van der Waals surface area contributed by atoms with Crippen LogP contribution in [-0.4, -0.2) is 41.8 Å². The molecular formula is C27H35FN4OS. The number of carbonyl (C=O) groups is 1. The third-order valence-electron chi connectivity index (χ3n) is 7.12. The van der Waals surface area contributed by atoms with Gasteiger partial charge in [-0.25, -0.2) is 4.39 Å². The van der Waals surface area contributed by atoms with Crippen LogP contribution in [0.2, 0.25) is 0 Å². The van der Waals surface area contributed by atoms with E-state index in [9.17, 15) is 9.18 Å². The number of amidine groups is 1. The number of hydrogen-bond donors (Lipinski definition) is 2. The Morgan fingerprint density at radius 2 is 1.82 bits per heavy atom. The van der Waals surface area contributed by atoms with Gasteiger partial charge in [-0.3, -0.25) is 15.1 Å². The van der Waals surface area contributed by atoms with Crippen molar-refractivity contribution in [1.82, 2.24) is 4.90 Å². The lowest BCUT2D eigenvalue weighted by molar-refractivity contribution is -0.118.